The van der Waals surface area contributed by atoms with Crippen LogP contribution in [0, 0.1) is 0 Å². The molecule has 0 amide bonds. The van der Waals surface area contributed by atoms with E-state index in [2.05, 4.69) is 0 Å². The van der Waals surface area contributed by atoms with Gasteiger partial charge < -0.3 is 15.0 Å². The maximum Gasteiger partial charge on any atom is 1.00 e. The van der Waals surface area contributed by atoms with E-state index in [1.807, 2.05) is 0 Å². The fraction of sp³-hybridized carbons (Fsp3) is 0.750. The maximum atomic E-state index is 9.88. The van der Waals surface area contributed by atoms with Gasteiger partial charge >= 0.3 is 29.6 Å². The molecule has 0 rings (SSSR count). The number of hydrogen-bond acceptors (Lipinski definition) is 3. The van der Waals surface area contributed by atoms with E-state index in [0.717, 1.165) is 6.92 Å². The van der Waals surface area contributed by atoms with Crippen LogP contribution in [0.5, 0.6) is 0 Å². The minimum absolute atomic E-state index is 0. The van der Waals surface area contributed by atoms with E-state index in [4.69, 9.17) is 9.22 Å². The van der Waals surface area contributed by atoms with Crippen molar-refractivity contribution in [3.05, 3.63) is 0 Å². The summed E-state index contributed by atoms with van der Waals surface area (Å²) in [5.41, 5.74) is 0. The summed E-state index contributed by atoms with van der Waals surface area (Å²) in [6, 6.07) is 0. The van der Waals surface area contributed by atoms with Crippen LogP contribution in [-0.2, 0) is 4.79 Å². The summed E-state index contributed by atoms with van der Waals surface area (Å²) >= 11 is 0. The average Bonchev–Trinajstić information content (AvgIpc) is 1.62. The third kappa shape index (κ3) is 4.59. The maximum absolute atomic E-state index is 9.88. The smallest absolute Gasteiger partial charge is 0.547 e. The Morgan fingerprint density at radius 3 is 2.62 bits per heavy atom. The van der Waals surface area contributed by atoms with E-state index in [9.17, 15) is 9.90 Å². The summed E-state index contributed by atoms with van der Waals surface area (Å²) in [4.78, 5) is 9.88. The Balaban J connectivity index is 0. The van der Waals surface area contributed by atoms with Crippen molar-refractivity contribution in [1.82, 2.24) is 0 Å². The second kappa shape index (κ2) is 5.56. The van der Waals surface area contributed by atoms with E-state index in [0.29, 0.717) is 0 Å². The van der Waals surface area contributed by atoms with Crippen molar-refractivity contribution < 1.29 is 48.7 Å². The van der Waals surface area contributed by atoms with Crippen molar-refractivity contribution in [2.45, 2.75) is 19.4 Å². The van der Waals surface area contributed by atoms with Gasteiger partial charge in [-0.3, -0.25) is 0 Å². The van der Waals surface area contributed by atoms with Gasteiger partial charge in [-0.05, 0) is 6.37 Å². The van der Waals surface area contributed by atoms with Crippen molar-refractivity contribution in [2.75, 3.05) is 0 Å². The summed E-state index contributed by atoms with van der Waals surface area (Å²) < 4.78 is 19.9. The van der Waals surface area contributed by atoms with Crippen LogP contribution >= 0.6 is 0 Å². The Morgan fingerprint density at radius 2 is 2.62 bits per heavy atom. The van der Waals surface area contributed by atoms with Crippen LogP contribution in [0.15, 0.2) is 0 Å². The van der Waals surface area contributed by atoms with Crippen LogP contribution in [-0.4, -0.2) is 17.2 Å². The van der Waals surface area contributed by atoms with Crippen molar-refractivity contribution >= 4 is 5.97 Å². The number of carbonyl (C=O) groups excluding carboxylic acids is 1. The fourth-order valence-corrected chi connectivity index (χ4v) is 0.102. The predicted molar refractivity (Wildman–Crippen MR) is 21.3 cm³/mol. The molecule has 3 nitrogen and oxygen atoms in total. The third-order valence-corrected chi connectivity index (χ3v) is 0.430. The molecule has 1 atom stereocenters. The SMILES string of the molecule is [2H]C([2H])(C)C([2H])(O)C(=O)[O-].[Na+]. The minimum atomic E-state index is -3.17. The van der Waals surface area contributed by atoms with Gasteiger partial charge in [0.2, 0.25) is 0 Å². The molecule has 0 heterocycles. The molecule has 0 saturated heterocycles. The summed E-state index contributed by atoms with van der Waals surface area (Å²) in [7, 11) is 0. The van der Waals surface area contributed by atoms with Gasteiger partial charge in [-0.15, -0.1) is 0 Å². The zero-order valence-electron chi connectivity index (χ0n) is 7.76. The Kier molecular flexibility index (Phi) is 3.64. The van der Waals surface area contributed by atoms with Crippen molar-refractivity contribution in [3.8, 4) is 0 Å². The van der Waals surface area contributed by atoms with Gasteiger partial charge in [0.25, 0.3) is 0 Å². The second-order valence-corrected chi connectivity index (χ2v) is 0.886. The van der Waals surface area contributed by atoms with Gasteiger partial charge in [-0.1, -0.05) is 6.92 Å². The van der Waals surface area contributed by atoms with E-state index >= 15 is 0 Å². The summed E-state index contributed by atoms with van der Waals surface area (Å²) in [6.07, 6.45) is -5.70. The van der Waals surface area contributed by atoms with Crippen molar-refractivity contribution in [1.29, 1.82) is 0 Å². The molecular formula is C4H7NaO3. The number of aliphatic carboxylic acids is 1. The first kappa shape index (κ1) is 5.23. The number of rotatable bonds is 2. The number of aliphatic hydroxyl groups is 1. The molecule has 0 radical (unpaired) electrons. The first-order valence-electron chi connectivity index (χ1n) is 3.13. The summed E-state index contributed by atoms with van der Waals surface area (Å²) in [6.45, 7) is 0.788. The molecule has 0 aliphatic rings. The Morgan fingerprint density at radius 1 is 2.25 bits per heavy atom. The molecule has 0 aromatic rings. The van der Waals surface area contributed by atoms with E-state index in [1.54, 1.807) is 0 Å². The number of carboxylic acids is 1. The van der Waals surface area contributed by atoms with Gasteiger partial charge in [-0.25, -0.2) is 0 Å². The van der Waals surface area contributed by atoms with E-state index < -0.39 is 18.4 Å². The number of carboxylic acid groups (broad SMARTS) is 1. The molecular weight excluding hydrogens is 119 g/mol. The van der Waals surface area contributed by atoms with Crippen molar-refractivity contribution in [2.24, 2.45) is 0 Å². The van der Waals surface area contributed by atoms with Gasteiger partial charge in [-0.2, -0.15) is 0 Å². The Bertz CT molecular complexity index is 153. The van der Waals surface area contributed by atoms with Gasteiger partial charge in [0.05, 0.1) is 13.4 Å². The standard InChI is InChI=1S/C4H8O3.Na/c1-2-3(5)4(6)7;/h3,5H,2H2,1H3,(H,6,7);/q;+1/p-1/i2D2,3D;. The molecule has 0 aromatic heterocycles. The molecule has 1 unspecified atom stereocenters. The minimum Gasteiger partial charge on any atom is -0.547 e. The fourth-order valence-electron chi connectivity index (χ4n) is 0.102. The molecule has 4 heteroatoms. The largest absolute Gasteiger partial charge is 1.00 e. The van der Waals surface area contributed by atoms with Gasteiger partial charge in [0.1, 0.15) is 0 Å². The number of hydrogen-bond donors (Lipinski definition) is 1. The van der Waals surface area contributed by atoms with Crippen LogP contribution in [0.25, 0.3) is 0 Å². The molecule has 0 aromatic carbocycles. The topological polar surface area (TPSA) is 60.4 Å². The van der Waals surface area contributed by atoms with Crippen LogP contribution in [0.1, 0.15) is 17.4 Å². The molecule has 0 fully saturated rings. The van der Waals surface area contributed by atoms with E-state index in [1.165, 1.54) is 0 Å². The average molecular weight is 129 g/mol. The molecule has 0 bridgehead atoms. The van der Waals surface area contributed by atoms with Crippen LogP contribution in [0.4, 0.5) is 0 Å². The molecule has 0 aliphatic heterocycles. The zero-order valence-corrected chi connectivity index (χ0v) is 6.76. The van der Waals surface area contributed by atoms with Crippen LogP contribution in [0.2, 0.25) is 0 Å². The second-order valence-electron chi connectivity index (χ2n) is 0.886. The normalized spacial score (nSPS) is 23.0. The van der Waals surface area contributed by atoms with E-state index in [-0.39, 0.29) is 29.6 Å². The molecule has 0 spiro atoms. The summed E-state index contributed by atoms with van der Waals surface area (Å²) in [5, 5.41) is 18.4. The molecule has 42 valence electrons. The third-order valence-electron chi connectivity index (χ3n) is 0.430. The quantitative estimate of drug-likeness (QED) is 0.382. The molecule has 0 saturated carbocycles. The predicted octanol–water partition coefficient (Wildman–Crippen LogP) is -4.49. The first-order chi connectivity index (χ1) is 4.19. The molecule has 0 aliphatic carbocycles. The van der Waals surface area contributed by atoms with Gasteiger partial charge in [0, 0.05) is 2.74 Å². The van der Waals surface area contributed by atoms with Crippen LogP contribution in [0.3, 0.4) is 0 Å². The first-order valence-corrected chi connectivity index (χ1v) is 1.63. The Labute approximate surface area is 74.2 Å². The van der Waals surface area contributed by atoms with Crippen LogP contribution < -0.4 is 34.7 Å². The summed E-state index contributed by atoms with van der Waals surface area (Å²) in [5.74, 6) is -2.14. The monoisotopic (exact) mass is 129 g/mol. The zero-order chi connectivity index (χ0) is 8.58. The molecule has 1 N–H and O–H groups in total. The number of carbonyl (C=O) groups is 1. The Hall–Kier alpha value is 0.430. The van der Waals surface area contributed by atoms with Crippen molar-refractivity contribution in [3.63, 3.8) is 0 Å². The molecule has 8 heavy (non-hydrogen) atoms. The van der Waals surface area contributed by atoms with Gasteiger partial charge in [0.15, 0.2) is 0 Å².